The molecule has 0 saturated heterocycles. The lowest BCUT2D eigenvalue weighted by Gasteiger charge is -2.07. The number of rotatable bonds is 1. The SMILES string of the molecule is CCc1cccc2cc(N)nc(C)c12. The number of aryl methyl sites for hydroxylation is 2. The minimum atomic E-state index is 0.600. The first-order valence-electron chi connectivity index (χ1n) is 4.87. The highest BCUT2D eigenvalue weighted by atomic mass is 14.8. The summed E-state index contributed by atoms with van der Waals surface area (Å²) in [5, 5.41) is 2.44. The third-order valence-corrected chi connectivity index (χ3v) is 2.53. The van der Waals surface area contributed by atoms with Gasteiger partial charge in [-0.2, -0.15) is 0 Å². The number of nitrogens with zero attached hydrogens (tertiary/aromatic N) is 1. The average molecular weight is 186 g/mol. The number of benzene rings is 1. The van der Waals surface area contributed by atoms with Crippen LogP contribution in [0.25, 0.3) is 10.8 Å². The predicted molar refractivity (Wildman–Crippen MR) is 60.3 cm³/mol. The molecule has 0 fully saturated rings. The molecule has 1 aromatic heterocycles. The highest BCUT2D eigenvalue weighted by molar-refractivity contribution is 5.89. The summed E-state index contributed by atoms with van der Waals surface area (Å²) >= 11 is 0. The van der Waals surface area contributed by atoms with E-state index in [1.165, 1.54) is 16.3 Å². The summed E-state index contributed by atoms with van der Waals surface area (Å²) < 4.78 is 0. The van der Waals surface area contributed by atoms with Gasteiger partial charge in [-0.1, -0.05) is 25.1 Å². The lowest BCUT2D eigenvalue weighted by molar-refractivity contribution is 1.14. The van der Waals surface area contributed by atoms with Gasteiger partial charge in [-0.15, -0.1) is 0 Å². The molecule has 0 unspecified atom stereocenters. The van der Waals surface area contributed by atoms with Gasteiger partial charge in [0.25, 0.3) is 0 Å². The molecule has 2 aromatic rings. The number of pyridine rings is 1. The standard InChI is InChI=1S/C12H14N2/c1-3-9-5-4-6-10-7-11(13)14-8(2)12(9)10/h4-7H,3H2,1-2H3,(H2,13,14). The fourth-order valence-corrected chi connectivity index (χ4v) is 1.92. The summed E-state index contributed by atoms with van der Waals surface area (Å²) in [6, 6.07) is 8.23. The zero-order chi connectivity index (χ0) is 10.1. The minimum Gasteiger partial charge on any atom is -0.384 e. The van der Waals surface area contributed by atoms with Crippen LogP contribution in [-0.4, -0.2) is 4.98 Å². The fraction of sp³-hybridized carbons (Fsp3) is 0.250. The first-order chi connectivity index (χ1) is 6.72. The van der Waals surface area contributed by atoms with Crippen molar-refractivity contribution in [2.45, 2.75) is 20.3 Å². The minimum absolute atomic E-state index is 0.600. The second kappa shape index (κ2) is 3.29. The van der Waals surface area contributed by atoms with Crippen LogP contribution in [0.5, 0.6) is 0 Å². The number of nitrogens with two attached hydrogens (primary N) is 1. The van der Waals surface area contributed by atoms with Gasteiger partial charge in [-0.25, -0.2) is 4.98 Å². The zero-order valence-corrected chi connectivity index (χ0v) is 8.54. The summed E-state index contributed by atoms with van der Waals surface area (Å²) in [7, 11) is 0. The molecule has 0 aliphatic carbocycles. The van der Waals surface area contributed by atoms with E-state index in [1.54, 1.807) is 0 Å². The molecule has 0 bridgehead atoms. The quantitative estimate of drug-likeness (QED) is 0.743. The van der Waals surface area contributed by atoms with Gasteiger partial charge in [0.05, 0.1) is 0 Å². The Kier molecular flexibility index (Phi) is 2.12. The number of hydrogen-bond acceptors (Lipinski definition) is 2. The van der Waals surface area contributed by atoms with E-state index in [0.29, 0.717) is 5.82 Å². The van der Waals surface area contributed by atoms with Crippen molar-refractivity contribution in [2.75, 3.05) is 5.73 Å². The molecule has 1 aromatic carbocycles. The maximum Gasteiger partial charge on any atom is 0.124 e. The van der Waals surface area contributed by atoms with Crippen molar-refractivity contribution in [3.8, 4) is 0 Å². The lowest BCUT2D eigenvalue weighted by Crippen LogP contribution is -1.95. The Hall–Kier alpha value is -1.57. The third-order valence-electron chi connectivity index (χ3n) is 2.53. The van der Waals surface area contributed by atoms with E-state index in [2.05, 4.69) is 30.1 Å². The number of fused-ring (bicyclic) bond motifs is 1. The smallest absolute Gasteiger partial charge is 0.124 e. The van der Waals surface area contributed by atoms with Crippen molar-refractivity contribution >= 4 is 16.6 Å². The van der Waals surface area contributed by atoms with Gasteiger partial charge >= 0.3 is 0 Å². The summed E-state index contributed by atoms with van der Waals surface area (Å²) in [5.74, 6) is 0.600. The van der Waals surface area contributed by atoms with E-state index in [0.717, 1.165) is 12.1 Å². The third kappa shape index (κ3) is 1.33. The number of aromatic nitrogens is 1. The first kappa shape index (κ1) is 9.00. The normalized spacial score (nSPS) is 10.7. The van der Waals surface area contributed by atoms with E-state index in [1.807, 2.05) is 13.0 Å². The van der Waals surface area contributed by atoms with Crippen LogP contribution in [-0.2, 0) is 6.42 Å². The molecular formula is C12H14N2. The Balaban J connectivity index is 2.87. The van der Waals surface area contributed by atoms with Crippen LogP contribution in [0.1, 0.15) is 18.2 Å². The molecule has 2 N–H and O–H groups in total. The number of nitrogen functional groups attached to an aromatic ring is 1. The zero-order valence-electron chi connectivity index (χ0n) is 8.54. The highest BCUT2D eigenvalue weighted by Gasteiger charge is 2.04. The Morgan fingerprint density at radius 2 is 2.14 bits per heavy atom. The molecule has 72 valence electrons. The molecule has 0 amide bonds. The Morgan fingerprint density at radius 3 is 2.86 bits per heavy atom. The Morgan fingerprint density at radius 1 is 1.36 bits per heavy atom. The molecule has 0 radical (unpaired) electrons. The topological polar surface area (TPSA) is 38.9 Å². The van der Waals surface area contributed by atoms with Gasteiger partial charge in [0, 0.05) is 11.1 Å². The molecule has 0 aliphatic heterocycles. The number of hydrogen-bond donors (Lipinski definition) is 1. The van der Waals surface area contributed by atoms with Gasteiger partial charge in [0.2, 0.25) is 0 Å². The van der Waals surface area contributed by atoms with Crippen molar-refractivity contribution in [1.82, 2.24) is 4.98 Å². The second-order valence-electron chi connectivity index (χ2n) is 3.50. The van der Waals surface area contributed by atoms with Gasteiger partial charge in [-0.3, -0.25) is 0 Å². The van der Waals surface area contributed by atoms with Crippen LogP contribution in [0, 0.1) is 6.92 Å². The van der Waals surface area contributed by atoms with Crippen molar-refractivity contribution in [3.05, 3.63) is 35.5 Å². The predicted octanol–water partition coefficient (Wildman–Crippen LogP) is 2.69. The maximum absolute atomic E-state index is 5.71. The molecule has 0 saturated carbocycles. The van der Waals surface area contributed by atoms with Gasteiger partial charge in [0.15, 0.2) is 0 Å². The van der Waals surface area contributed by atoms with Gasteiger partial charge in [-0.05, 0) is 30.4 Å². The first-order valence-corrected chi connectivity index (χ1v) is 4.87. The highest BCUT2D eigenvalue weighted by Crippen LogP contribution is 2.23. The van der Waals surface area contributed by atoms with E-state index in [9.17, 15) is 0 Å². The van der Waals surface area contributed by atoms with Crippen LogP contribution in [0.2, 0.25) is 0 Å². The Bertz CT molecular complexity index is 475. The van der Waals surface area contributed by atoms with Crippen molar-refractivity contribution in [1.29, 1.82) is 0 Å². The molecule has 2 nitrogen and oxygen atoms in total. The van der Waals surface area contributed by atoms with Crippen molar-refractivity contribution in [3.63, 3.8) is 0 Å². The van der Waals surface area contributed by atoms with Crippen molar-refractivity contribution in [2.24, 2.45) is 0 Å². The molecule has 1 heterocycles. The van der Waals surface area contributed by atoms with Gasteiger partial charge < -0.3 is 5.73 Å². The van der Waals surface area contributed by atoms with Crippen LogP contribution < -0.4 is 5.73 Å². The van der Waals surface area contributed by atoms with E-state index in [-0.39, 0.29) is 0 Å². The van der Waals surface area contributed by atoms with Gasteiger partial charge in [0.1, 0.15) is 5.82 Å². The molecule has 14 heavy (non-hydrogen) atoms. The van der Waals surface area contributed by atoms with Crippen LogP contribution >= 0.6 is 0 Å². The molecule has 2 heteroatoms. The van der Waals surface area contributed by atoms with Crippen molar-refractivity contribution < 1.29 is 0 Å². The molecule has 0 aliphatic rings. The second-order valence-corrected chi connectivity index (χ2v) is 3.50. The molecule has 0 spiro atoms. The largest absolute Gasteiger partial charge is 0.384 e. The summed E-state index contributed by atoms with van der Waals surface area (Å²) in [6.07, 6.45) is 1.03. The summed E-state index contributed by atoms with van der Waals surface area (Å²) in [5.41, 5.74) is 8.07. The van der Waals surface area contributed by atoms with E-state index < -0.39 is 0 Å². The maximum atomic E-state index is 5.71. The van der Waals surface area contributed by atoms with Crippen LogP contribution in [0.3, 0.4) is 0 Å². The van der Waals surface area contributed by atoms with E-state index in [4.69, 9.17) is 5.73 Å². The average Bonchev–Trinajstić information content (AvgIpc) is 2.16. The Labute approximate surface area is 83.8 Å². The molecule has 0 atom stereocenters. The summed E-state index contributed by atoms with van der Waals surface area (Å²) in [6.45, 7) is 4.17. The monoisotopic (exact) mass is 186 g/mol. The van der Waals surface area contributed by atoms with Crippen LogP contribution in [0.4, 0.5) is 5.82 Å². The lowest BCUT2D eigenvalue weighted by atomic mass is 10.0. The number of anilines is 1. The van der Waals surface area contributed by atoms with E-state index >= 15 is 0 Å². The molecular weight excluding hydrogens is 172 g/mol. The fourth-order valence-electron chi connectivity index (χ4n) is 1.92. The molecule has 2 rings (SSSR count). The van der Waals surface area contributed by atoms with Crippen LogP contribution in [0.15, 0.2) is 24.3 Å². The summed E-state index contributed by atoms with van der Waals surface area (Å²) in [4.78, 5) is 4.29.